The van der Waals surface area contributed by atoms with Crippen LogP contribution in [0.2, 0.25) is 0 Å². The van der Waals surface area contributed by atoms with Crippen LogP contribution in [-0.4, -0.2) is 18.3 Å². The van der Waals surface area contributed by atoms with Crippen molar-refractivity contribution < 1.29 is 14.3 Å². The van der Waals surface area contributed by atoms with Crippen LogP contribution in [-0.2, 0) is 9.59 Å². The number of Topliss-reactive ketones (excluding diaryl/α,β-unsaturated/α-hetero) is 1. The molecule has 1 aromatic carbocycles. The zero-order valence-corrected chi connectivity index (χ0v) is 9.53. The third kappa shape index (κ3) is 2.62. The Hall–Kier alpha value is -1.88. The average Bonchev–Trinajstić information content (AvgIpc) is 2.27. The van der Waals surface area contributed by atoms with E-state index in [1.165, 1.54) is 6.92 Å². The smallest absolute Gasteiger partial charge is 0.262 e. The first kappa shape index (κ1) is 11.6. The highest BCUT2D eigenvalue weighted by Crippen LogP contribution is 2.30. The maximum Gasteiger partial charge on any atom is 0.262 e. The van der Waals surface area contributed by atoms with Gasteiger partial charge in [-0.1, -0.05) is 6.07 Å². The third-order valence-electron chi connectivity index (χ3n) is 2.57. The van der Waals surface area contributed by atoms with Gasteiger partial charge in [0.25, 0.3) is 5.91 Å². The molecule has 2 rings (SSSR count). The first-order valence-corrected chi connectivity index (χ1v) is 5.38. The summed E-state index contributed by atoms with van der Waals surface area (Å²) in [5.74, 6) is 0.480. The summed E-state index contributed by atoms with van der Waals surface area (Å²) >= 11 is 0. The number of amides is 1. The predicted molar refractivity (Wildman–Crippen MR) is 62.8 cm³/mol. The van der Waals surface area contributed by atoms with Gasteiger partial charge in [0.2, 0.25) is 0 Å². The Morgan fingerprint density at radius 1 is 1.59 bits per heavy atom. The molecule has 0 spiro atoms. The van der Waals surface area contributed by atoms with Crippen molar-refractivity contribution in [3.8, 4) is 5.75 Å². The van der Waals surface area contributed by atoms with E-state index in [1.54, 1.807) is 12.1 Å². The summed E-state index contributed by atoms with van der Waals surface area (Å²) in [6.45, 7) is 1.54. The van der Waals surface area contributed by atoms with Crippen molar-refractivity contribution in [2.75, 3.05) is 11.9 Å². The van der Waals surface area contributed by atoms with E-state index in [9.17, 15) is 9.59 Å². The Morgan fingerprint density at radius 3 is 3.06 bits per heavy atom. The molecule has 17 heavy (non-hydrogen) atoms. The van der Waals surface area contributed by atoms with Gasteiger partial charge in [0, 0.05) is 12.5 Å². The molecule has 0 aromatic heterocycles. The lowest BCUT2D eigenvalue weighted by atomic mass is 10.0. The van der Waals surface area contributed by atoms with Crippen LogP contribution in [0, 0.1) is 0 Å². The molecular weight excluding hydrogens is 220 g/mol. The lowest BCUT2D eigenvalue weighted by molar-refractivity contribution is -0.119. The zero-order valence-electron chi connectivity index (χ0n) is 9.53. The fourth-order valence-electron chi connectivity index (χ4n) is 1.76. The summed E-state index contributed by atoms with van der Waals surface area (Å²) in [6.07, 6.45) is 0.285. The van der Waals surface area contributed by atoms with Gasteiger partial charge in [-0.25, -0.2) is 0 Å². The van der Waals surface area contributed by atoms with Crippen molar-refractivity contribution in [1.29, 1.82) is 0 Å². The molecule has 1 aliphatic rings. The minimum absolute atomic E-state index is 0.0336. The maximum atomic E-state index is 11.2. The highest BCUT2D eigenvalue weighted by Gasteiger charge is 2.17. The number of ketones is 1. The number of carbonyl (C=O) groups excluding carboxylic acids is 2. The van der Waals surface area contributed by atoms with Gasteiger partial charge >= 0.3 is 0 Å². The molecule has 0 bridgehead atoms. The molecule has 0 aliphatic carbocycles. The van der Waals surface area contributed by atoms with Crippen LogP contribution in [0.25, 0.3) is 0 Å². The third-order valence-corrected chi connectivity index (χ3v) is 2.57. The summed E-state index contributed by atoms with van der Waals surface area (Å²) in [6, 6.07) is 4.96. The molecule has 1 atom stereocenters. The van der Waals surface area contributed by atoms with E-state index in [0.29, 0.717) is 11.4 Å². The molecule has 1 aromatic rings. The van der Waals surface area contributed by atoms with Gasteiger partial charge in [-0.2, -0.15) is 0 Å². The van der Waals surface area contributed by atoms with E-state index in [4.69, 9.17) is 10.5 Å². The van der Waals surface area contributed by atoms with Crippen molar-refractivity contribution in [1.82, 2.24) is 0 Å². The van der Waals surface area contributed by atoms with Crippen LogP contribution in [0.15, 0.2) is 18.2 Å². The van der Waals surface area contributed by atoms with E-state index in [1.807, 2.05) is 6.07 Å². The molecule has 0 saturated carbocycles. The maximum absolute atomic E-state index is 11.2. The van der Waals surface area contributed by atoms with Crippen molar-refractivity contribution in [3.63, 3.8) is 0 Å². The van der Waals surface area contributed by atoms with Crippen molar-refractivity contribution in [2.45, 2.75) is 19.4 Å². The van der Waals surface area contributed by atoms with E-state index < -0.39 is 0 Å². The zero-order chi connectivity index (χ0) is 12.4. The van der Waals surface area contributed by atoms with Crippen LogP contribution in [0.4, 0.5) is 5.69 Å². The molecule has 1 aliphatic heterocycles. The SMILES string of the molecule is CC(=O)CC(N)c1ccc2c(c1)NC(=O)CO2. The summed E-state index contributed by atoms with van der Waals surface area (Å²) in [7, 11) is 0. The summed E-state index contributed by atoms with van der Waals surface area (Å²) < 4.78 is 5.23. The fourth-order valence-corrected chi connectivity index (χ4v) is 1.76. The highest BCUT2D eigenvalue weighted by atomic mass is 16.5. The Morgan fingerprint density at radius 2 is 2.35 bits per heavy atom. The Labute approximate surface area is 98.9 Å². The molecule has 0 saturated heterocycles. The molecule has 1 heterocycles. The fraction of sp³-hybridized carbons (Fsp3) is 0.333. The van der Waals surface area contributed by atoms with Crippen LogP contribution in [0.1, 0.15) is 24.9 Å². The lowest BCUT2D eigenvalue weighted by Crippen LogP contribution is -2.25. The number of hydrogen-bond donors (Lipinski definition) is 2. The average molecular weight is 234 g/mol. The molecule has 0 fully saturated rings. The second-order valence-electron chi connectivity index (χ2n) is 4.11. The largest absolute Gasteiger partial charge is 0.482 e. The topological polar surface area (TPSA) is 81.4 Å². The lowest BCUT2D eigenvalue weighted by Gasteiger charge is -2.20. The summed E-state index contributed by atoms with van der Waals surface area (Å²) in [4.78, 5) is 22.2. The quantitative estimate of drug-likeness (QED) is 0.817. The van der Waals surface area contributed by atoms with Gasteiger partial charge in [-0.15, -0.1) is 0 Å². The monoisotopic (exact) mass is 234 g/mol. The normalized spacial score (nSPS) is 15.5. The second kappa shape index (κ2) is 4.55. The van der Waals surface area contributed by atoms with Crippen molar-refractivity contribution in [3.05, 3.63) is 23.8 Å². The van der Waals surface area contributed by atoms with Crippen LogP contribution < -0.4 is 15.8 Å². The number of benzene rings is 1. The van der Waals surface area contributed by atoms with E-state index in [2.05, 4.69) is 5.32 Å². The number of carbonyl (C=O) groups is 2. The van der Waals surface area contributed by atoms with Gasteiger partial charge in [-0.05, 0) is 24.6 Å². The number of hydrogen-bond acceptors (Lipinski definition) is 4. The number of nitrogens with one attached hydrogen (secondary N) is 1. The number of anilines is 1. The molecule has 3 N–H and O–H groups in total. The Bertz CT molecular complexity index is 471. The molecule has 5 nitrogen and oxygen atoms in total. The van der Waals surface area contributed by atoms with Crippen LogP contribution >= 0.6 is 0 Å². The number of rotatable bonds is 3. The Kier molecular flexibility index (Phi) is 3.10. The molecule has 0 radical (unpaired) electrons. The number of ether oxygens (including phenoxy) is 1. The highest BCUT2D eigenvalue weighted by molar-refractivity contribution is 5.95. The van der Waals surface area contributed by atoms with E-state index in [-0.39, 0.29) is 30.8 Å². The van der Waals surface area contributed by atoms with Crippen LogP contribution in [0.5, 0.6) is 5.75 Å². The standard InChI is InChI=1S/C12H14N2O3/c1-7(15)4-9(13)8-2-3-11-10(5-8)14-12(16)6-17-11/h2-3,5,9H,4,6,13H2,1H3,(H,14,16). The molecule has 5 heteroatoms. The van der Waals surface area contributed by atoms with Gasteiger partial charge in [-0.3, -0.25) is 9.59 Å². The minimum Gasteiger partial charge on any atom is -0.482 e. The molecule has 1 unspecified atom stereocenters. The van der Waals surface area contributed by atoms with Gasteiger partial charge < -0.3 is 15.8 Å². The number of nitrogens with two attached hydrogens (primary N) is 1. The van der Waals surface area contributed by atoms with Gasteiger partial charge in [0.05, 0.1) is 5.69 Å². The Balaban J connectivity index is 2.23. The minimum atomic E-state index is -0.350. The predicted octanol–water partition coefficient (Wildman–Crippen LogP) is 0.996. The van der Waals surface area contributed by atoms with Gasteiger partial charge in [0.15, 0.2) is 6.61 Å². The first-order valence-electron chi connectivity index (χ1n) is 5.38. The van der Waals surface area contributed by atoms with E-state index in [0.717, 1.165) is 5.56 Å². The first-order chi connectivity index (χ1) is 8.06. The summed E-state index contributed by atoms with van der Waals surface area (Å²) in [5.41, 5.74) is 7.31. The number of fused-ring (bicyclic) bond motifs is 1. The second-order valence-corrected chi connectivity index (χ2v) is 4.11. The van der Waals surface area contributed by atoms with E-state index >= 15 is 0 Å². The summed E-state index contributed by atoms with van der Waals surface area (Å²) in [5, 5.41) is 2.70. The van der Waals surface area contributed by atoms with Crippen molar-refractivity contribution >= 4 is 17.4 Å². The molecular formula is C12H14N2O3. The van der Waals surface area contributed by atoms with Crippen LogP contribution in [0.3, 0.4) is 0 Å². The van der Waals surface area contributed by atoms with Crippen molar-refractivity contribution in [2.24, 2.45) is 5.73 Å². The van der Waals surface area contributed by atoms with Gasteiger partial charge in [0.1, 0.15) is 11.5 Å². The molecule has 90 valence electrons. The molecule has 1 amide bonds.